The third-order valence-electron chi connectivity index (χ3n) is 4.62. The number of benzene rings is 2. The molecule has 7 nitrogen and oxygen atoms in total. The van der Waals surface area contributed by atoms with E-state index in [0.717, 1.165) is 0 Å². The molecule has 3 rings (SSSR count). The number of H-pyrrole nitrogens is 1. The average molecular weight is 439 g/mol. The van der Waals surface area contributed by atoms with Gasteiger partial charge in [0.1, 0.15) is 5.75 Å². The number of nitrogens with one attached hydrogen (secondary N) is 1. The molecule has 1 aromatic heterocycles. The van der Waals surface area contributed by atoms with Gasteiger partial charge in [-0.1, -0.05) is 17.7 Å². The second-order valence-electron chi connectivity index (χ2n) is 6.72. The molecular formula is C22H16ClFN4O3. The summed E-state index contributed by atoms with van der Waals surface area (Å²) in [6, 6.07) is 12.4. The smallest absolute Gasteiger partial charge is 0.267 e. The maximum absolute atomic E-state index is 15.5. The van der Waals surface area contributed by atoms with Crippen molar-refractivity contribution in [2.75, 3.05) is 6.61 Å². The van der Waals surface area contributed by atoms with E-state index >= 15 is 4.39 Å². The highest BCUT2D eigenvalue weighted by Gasteiger charge is 2.24. The second-order valence-corrected chi connectivity index (χ2v) is 7.13. The van der Waals surface area contributed by atoms with Gasteiger partial charge in [-0.15, -0.1) is 0 Å². The van der Waals surface area contributed by atoms with Crippen molar-refractivity contribution in [3.63, 3.8) is 0 Å². The molecule has 9 heteroatoms. The van der Waals surface area contributed by atoms with Crippen molar-refractivity contribution in [3.05, 3.63) is 85.5 Å². The number of nitrogens with zero attached hydrogens (tertiary/aromatic N) is 3. The van der Waals surface area contributed by atoms with Gasteiger partial charge in [-0.3, -0.25) is 4.79 Å². The van der Waals surface area contributed by atoms with Crippen molar-refractivity contribution in [1.29, 1.82) is 10.5 Å². The van der Waals surface area contributed by atoms with Crippen LogP contribution < -0.4 is 10.3 Å². The number of hydrogen-bond acceptors (Lipinski definition) is 6. The van der Waals surface area contributed by atoms with Crippen LogP contribution >= 0.6 is 11.6 Å². The minimum absolute atomic E-state index is 0.0181. The Kier molecular flexibility index (Phi) is 6.66. The number of nitriles is 2. The molecular weight excluding hydrogens is 423 g/mol. The van der Waals surface area contributed by atoms with E-state index in [9.17, 15) is 9.90 Å². The van der Waals surface area contributed by atoms with Crippen LogP contribution in [0.15, 0.2) is 41.2 Å². The fourth-order valence-electron chi connectivity index (χ4n) is 3.11. The topological polar surface area (TPSA) is 123 Å². The largest absolute Gasteiger partial charge is 0.453 e. The van der Waals surface area contributed by atoms with E-state index in [1.54, 1.807) is 6.92 Å². The lowest BCUT2D eigenvalue weighted by Gasteiger charge is -2.19. The normalized spacial score (nSPS) is 11.4. The lowest BCUT2D eigenvalue weighted by Crippen LogP contribution is -2.16. The maximum atomic E-state index is 15.5. The summed E-state index contributed by atoms with van der Waals surface area (Å²) in [6.07, 6.45) is 0.138. The molecule has 0 aliphatic heterocycles. The third-order valence-corrected chi connectivity index (χ3v) is 4.92. The van der Waals surface area contributed by atoms with Gasteiger partial charge in [-0.05, 0) is 43.7 Å². The number of aliphatic hydroxyl groups excluding tert-OH is 1. The van der Waals surface area contributed by atoms with Crippen LogP contribution in [0.4, 0.5) is 4.39 Å². The number of aromatic amines is 1. The Morgan fingerprint density at radius 1 is 1.23 bits per heavy atom. The van der Waals surface area contributed by atoms with Crippen LogP contribution in [-0.2, 0) is 0 Å². The predicted molar refractivity (Wildman–Crippen MR) is 110 cm³/mol. The van der Waals surface area contributed by atoms with Crippen LogP contribution in [0.5, 0.6) is 11.5 Å². The highest BCUT2D eigenvalue weighted by atomic mass is 35.5. The van der Waals surface area contributed by atoms with Crippen molar-refractivity contribution >= 4 is 11.6 Å². The van der Waals surface area contributed by atoms with Crippen molar-refractivity contribution in [2.45, 2.75) is 19.3 Å². The molecule has 0 aliphatic rings. The van der Waals surface area contributed by atoms with Gasteiger partial charge in [0.05, 0.1) is 34.0 Å². The molecule has 31 heavy (non-hydrogen) atoms. The van der Waals surface area contributed by atoms with Crippen molar-refractivity contribution < 1.29 is 14.2 Å². The molecule has 0 radical (unpaired) electrons. The standard InChI is InChI=1S/C22H16ClFN4O3/c1-12-6-19(27-28-22(12)30)16(4-5-29)17-2-3-18(23)21(20(17)24)31-15-8-13(10-25)7-14(9-15)11-26/h2-3,6-9,16,29H,4-5H2,1H3,(H,28,30). The van der Waals surface area contributed by atoms with Crippen molar-refractivity contribution in [1.82, 2.24) is 10.2 Å². The Morgan fingerprint density at radius 2 is 1.90 bits per heavy atom. The maximum Gasteiger partial charge on any atom is 0.267 e. The van der Waals surface area contributed by atoms with Gasteiger partial charge < -0.3 is 9.84 Å². The molecule has 2 aromatic carbocycles. The summed E-state index contributed by atoms with van der Waals surface area (Å²) in [5, 5.41) is 34.1. The molecule has 0 aliphatic carbocycles. The Hall–Kier alpha value is -3.72. The van der Waals surface area contributed by atoms with Gasteiger partial charge in [0, 0.05) is 23.7 Å². The first-order chi connectivity index (χ1) is 14.9. The average Bonchev–Trinajstić information content (AvgIpc) is 2.77. The number of halogens is 2. The van der Waals surface area contributed by atoms with E-state index in [4.69, 9.17) is 26.9 Å². The van der Waals surface area contributed by atoms with Gasteiger partial charge in [-0.25, -0.2) is 9.49 Å². The molecule has 0 saturated carbocycles. The Balaban J connectivity index is 2.09. The van der Waals surface area contributed by atoms with E-state index in [1.165, 1.54) is 36.4 Å². The molecule has 156 valence electrons. The molecule has 0 bridgehead atoms. The van der Waals surface area contributed by atoms with Gasteiger partial charge in [0.25, 0.3) is 5.56 Å². The molecule has 0 saturated heterocycles. The molecule has 2 N–H and O–H groups in total. The van der Waals surface area contributed by atoms with E-state index in [2.05, 4.69) is 10.2 Å². The van der Waals surface area contributed by atoms with Crippen LogP contribution in [0.3, 0.4) is 0 Å². The van der Waals surface area contributed by atoms with E-state index in [1.807, 2.05) is 12.1 Å². The number of rotatable bonds is 6. The molecule has 1 unspecified atom stereocenters. The monoisotopic (exact) mass is 438 g/mol. The zero-order chi connectivity index (χ0) is 22.5. The number of hydrogen-bond donors (Lipinski definition) is 2. The minimum atomic E-state index is -0.780. The molecule has 0 amide bonds. The first-order valence-corrected chi connectivity index (χ1v) is 9.53. The first kappa shape index (κ1) is 22.0. The summed E-state index contributed by atoms with van der Waals surface area (Å²) in [7, 11) is 0. The zero-order valence-corrected chi connectivity index (χ0v) is 17.1. The number of aryl methyl sites for hydroxylation is 1. The molecule has 1 heterocycles. The van der Waals surface area contributed by atoms with Crippen LogP contribution in [-0.4, -0.2) is 21.9 Å². The summed E-state index contributed by atoms with van der Waals surface area (Å²) in [6.45, 7) is 1.35. The summed E-state index contributed by atoms with van der Waals surface area (Å²) < 4.78 is 21.1. The fraction of sp³-hybridized carbons (Fsp3) is 0.182. The summed E-state index contributed by atoms with van der Waals surface area (Å²) >= 11 is 6.16. The van der Waals surface area contributed by atoms with E-state index in [-0.39, 0.29) is 51.8 Å². The van der Waals surface area contributed by atoms with Crippen molar-refractivity contribution in [3.8, 4) is 23.6 Å². The fourth-order valence-corrected chi connectivity index (χ4v) is 3.29. The minimum Gasteiger partial charge on any atom is -0.453 e. The highest BCUT2D eigenvalue weighted by Crippen LogP contribution is 2.39. The number of aliphatic hydroxyl groups is 1. The van der Waals surface area contributed by atoms with Gasteiger partial charge in [-0.2, -0.15) is 15.6 Å². The predicted octanol–water partition coefficient (Wildman–Crippen LogP) is 3.92. The van der Waals surface area contributed by atoms with Crippen LogP contribution in [0, 0.1) is 35.4 Å². The second kappa shape index (κ2) is 9.40. The molecule has 0 spiro atoms. The summed E-state index contributed by atoms with van der Waals surface area (Å²) in [5.74, 6) is -1.68. The third kappa shape index (κ3) is 4.72. The summed E-state index contributed by atoms with van der Waals surface area (Å²) in [5.41, 5.74) is 0.912. The molecule has 3 aromatic rings. The van der Waals surface area contributed by atoms with E-state index in [0.29, 0.717) is 11.3 Å². The van der Waals surface area contributed by atoms with Crippen LogP contribution in [0.2, 0.25) is 5.02 Å². The van der Waals surface area contributed by atoms with Crippen molar-refractivity contribution in [2.24, 2.45) is 0 Å². The molecule has 0 fully saturated rings. The van der Waals surface area contributed by atoms with Gasteiger partial charge in [0.15, 0.2) is 11.6 Å². The van der Waals surface area contributed by atoms with E-state index < -0.39 is 11.7 Å². The quantitative estimate of drug-likeness (QED) is 0.601. The van der Waals surface area contributed by atoms with Gasteiger partial charge >= 0.3 is 0 Å². The SMILES string of the molecule is Cc1cc(C(CCO)c2ccc(Cl)c(Oc3cc(C#N)cc(C#N)c3)c2F)n[nH]c1=O. The van der Waals surface area contributed by atoms with Gasteiger partial charge in [0.2, 0.25) is 0 Å². The summed E-state index contributed by atoms with van der Waals surface area (Å²) in [4.78, 5) is 11.6. The lowest BCUT2D eigenvalue weighted by atomic mass is 9.91. The Labute approximate surface area is 181 Å². The number of ether oxygens (including phenoxy) is 1. The number of aromatic nitrogens is 2. The molecule has 1 atom stereocenters. The van der Waals surface area contributed by atoms with Crippen LogP contribution in [0.25, 0.3) is 0 Å². The first-order valence-electron chi connectivity index (χ1n) is 9.16. The van der Waals surface area contributed by atoms with Crippen LogP contribution in [0.1, 0.15) is 40.3 Å². The zero-order valence-electron chi connectivity index (χ0n) is 16.3. The Bertz CT molecular complexity index is 1240. The Morgan fingerprint density at radius 3 is 2.48 bits per heavy atom. The lowest BCUT2D eigenvalue weighted by molar-refractivity contribution is 0.279. The highest BCUT2D eigenvalue weighted by molar-refractivity contribution is 6.32.